The third-order valence-electron chi connectivity index (χ3n) is 4.43. The predicted octanol–water partition coefficient (Wildman–Crippen LogP) is 1.78. The molecule has 1 spiro atoms. The van der Waals surface area contributed by atoms with Crippen LogP contribution in [0.5, 0.6) is 0 Å². The molecule has 0 aliphatic carbocycles. The largest absolute Gasteiger partial charge is 0.466 e. The standard InChI is InChI=1S/C17H15N3O4/c1-8-4-5-12-10(6-8)17(16(22)20-12)11(7-18)14(19)24-9(2)13(17)15(21)23-3/h4-6,11,19H,1-3H3,(H,20,22). The summed E-state index contributed by atoms with van der Waals surface area (Å²) in [5.41, 5.74) is 0.153. The van der Waals surface area contributed by atoms with E-state index in [-0.39, 0.29) is 17.2 Å². The van der Waals surface area contributed by atoms with E-state index < -0.39 is 23.2 Å². The maximum absolute atomic E-state index is 13.0. The number of fused-ring (bicyclic) bond motifs is 2. The van der Waals surface area contributed by atoms with Crippen molar-refractivity contribution in [2.24, 2.45) is 5.92 Å². The lowest BCUT2D eigenvalue weighted by Crippen LogP contribution is -2.52. The summed E-state index contributed by atoms with van der Waals surface area (Å²) in [6.45, 7) is 3.33. The van der Waals surface area contributed by atoms with Gasteiger partial charge in [-0.1, -0.05) is 17.7 Å². The summed E-state index contributed by atoms with van der Waals surface area (Å²) in [6.07, 6.45) is 0. The first-order chi connectivity index (χ1) is 11.4. The van der Waals surface area contributed by atoms with E-state index in [4.69, 9.17) is 14.9 Å². The van der Waals surface area contributed by atoms with Gasteiger partial charge in [-0.3, -0.25) is 10.2 Å². The summed E-state index contributed by atoms with van der Waals surface area (Å²) >= 11 is 0. The SMILES string of the molecule is COC(=O)C1=C(C)OC(=N)C(C#N)C12C(=O)Nc1ccc(C)cc12. The third kappa shape index (κ3) is 1.80. The first-order valence-corrected chi connectivity index (χ1v) is 7.26. The van der Waals surface area contributed by atoms with E-state index >= 15 is 0 Å². The number of rotatable bonds is 1. The van der Waals surface area contributed by atoms with Crippen LogP contribution in [0, 0.1) is 29.6 Å². The smallest absolute Gasteiger partial charge is 0.338 e. The van der Waals surface area contributed by atoms with Crippen molar-refractivity contribution in [3.8, 4) is 6.07 Å². The van der Waals surface area contributed by atoms with Crippen molar-refractivity contribution in [3.63, 3.8) is 0 Å². The zero-order valence-corrected chi connectivity index (χ0v) is 13.4. The number of hydrogen-bond acceptors (Lipinski definition) is 6. The molecule has 24 heavy (non-hydrogen) atoms. The van der Waals surface area contributed by atoms with Gasteiger partial charge in [0.15, 0.2) is 0 Å². The zero-order chi connectivity index (χ0) is 17.6. The van der Waals surface area contributed by atoms with E-state index in [1.165, 1.54) is 14.0 Å². The molecule has 1 aromatic rings. The van der Waals surface area contributed by atoms with Crippen LogP contribution in [0.15, 0.2) is 29.5 Å². The van der Waals surface area contributed by atoms with Crippen LogP contribution < -0.4 is 5.32 Å². The highest BCUT2D eigenvalue weighted by Crippen LogP contribution is 2.52. The van der Waals surface area contributed by atoms with E-state index in [1.807, 2.05) is 19.1 Å². The van der Waals surface area contributed by atoms with Gasteiger partial charge in [-0.15, -0.1) is 0 Å². The van der Waals surface area contributed by atoms with Crippen LogP contribution in [0.2, 0.25) is 0 Å². The number of nitriles is 1. The molecule has 0 aromatic heterocycles. The Morgan fingerprint density at radius 3 is 2.79 bits per heavy atom. The number of esters is 1. The minimum Gasteiger partial charge on any atom is -0.466 e. The molecule has 2 aliphatic heterocycles. The Bertz CT molecular complexity index is 865. The second-order valence-corrected chi connectivity index (χ2v) is 5.76. The summed E-state index contributed by atoms with van der Waals surface area (Å²) in [4.78, 5) is 25.4. The van der Waals surface area contributed by atoms with Gasteiger partial charge in [0.05, 0.1) is 18.8 Å². The second kappa shape index (κ2) is 5.20. The summed E-state index contributed by atoms with van der Waals surface area (Å²) in [5.74, 6) is -2.85. The minimum atomic E-state index is -1.65. The molecule has 0 radical (unpaired) electrons. The average Bonchev–Trinajstić information content (AvgIpc) is 2.80. The average molecular weight is 325 g/mol. The molecule has 0 bridgehead atoms. The molecular weight excluding hydrogens is 310 g/mol. The van der Waals surface area contributed by atoms with Crippen LogP contribution in [0.1, 0.15) is 18.1 Å². The minimum absolute atomic E-state index is 0.0469. The lowest BCUT2D eigenvalue weighted by Gasteiger charge is -2.37. The number of anilines is 1. The van der Waals surface area contributed by atoms with Crippen molar-refractivity contribution < 1.29 is 19.1 Å². The van der Waals surface area contributed by atoms with Crippen LogP contribution >= 0.6 is 0 Å². The highest BCUT2D eigenvalue weighted by Gasteiger charge is 2.62. The third-order valence-corrected chi connectivity index (χ3v) is 4.43. The number of methoxy groups -OCH3 is 1. The molecule has 1 amide bonds. The fraction of sp³-hybridized carbons (Fsp3) is 0.294. The van der Waals surface area contributed by atoms with Crippen LogP contribution in [-0.4, -0.2) is 24.9 Å². The number of hydrogen-bond donors (Lipinski definition) is 2. The maximum atomic E-state index is 13.0. The number of nitrogens with one attached hydrogen (secondary N) is 2. The number of carbonyl (C=O) groups excluding carboxylic acids is 2. The van der Waals surface area contributed by atoms with Gasteiger partial charge >= 0.3 is 5.97 Å². The van der Waals surface area contributed by atoms with Crippen molar-refractivity contribution >= 4 is 23.5 Å². The van der Waals surface area contributed by atoms with E-state index in [0.717, 1.165) is 5.56 Å². The number of aryl methyl sites for hydroxylation is 1. The van der Waals surface area contributed by atoms with Gasteiger partial charge in [0.25, 0.3) is 0 Å². The Morgan fingerprint density at radius 2 is 2.17 bits per heavy atom. The highest BCUT2D eigenvalue weighted by atomic mass is 16.5. The summed E-state index contributed by atoms with van der Waals surface area (Å²) in [7, 11) is 1.20. The maximum Gasteiger partial charge on any atom is 0.338 e. The lowest BCUT2D eigenvalue weighted by atomic mass is 9.64. The Hall–Kier alpha value is -3.14. The first-order valence-electron chi connectivity index (χ1n) is 7.26. The molecule has 0 fully saturated rings. The molecule has 0 saturated carbocycles. The summed E-state index contributed by atoms with van der Waals surface area (Å²) in [6, 6.07) is 7.23. The topological polar surface area (TPSA) is 112 Å². The Morgan fingerprint density at radius 1 is 1.46 bits per heavy atom. The normalized spacial score (nSPS) is 25.0. The molecule has 2 aliphatic rings. The van der Waals surface area contributed by atoms with E-state index in [0.29, 0.717) is 11.3 Å². The van der Waals surface area contributed by atoms with Gasteiger partial charge in [0, 0.05) is 5.69 Å². The van der Waals surface area contributed by atoms with Gasteiger partial charge in [-0.05, 0) is 25.5 Å². The second-order valence-electron chi connectivity index (χ2n) is 5.76. The van der Waals surface area contributed by atoms with Crippen molar-refractivity contribution in [3.05, 3.63) is 40.7 Å². The van der Waals surface area contributed by atoms with Crippen LogP contribution in [0.3, 0.4) is 0 Å². The number of amides is 1. The van der Waals surface area contributed by atoms with Crippen molar-refractivity contribution in [2.75, 3.05) is 12.4 Å². The highest BCUT2D eigenvalue weighted by molar-refractivity contribution is 6.17. The van der Waals surface area contributed by atoms with Crippen molar-refractivity contribution in [1.82, 2.24) is 0 Å². The molecule has 2 heterocycles. The van der Waals surface area contributed by atoms with Gasteiger partial charge in [-0.2, -0.15) is 5.26 Å². The molecule has 122 valence electrons. The summed E-state index contributed by atoms with van der Waals surface area (Å²) < 4.78 is 10.1. The zero-order valence-electron chi connectivity index (χ0n) is 13.4. The molecule has 7 nitrogen and oxygen atoms in total. The lowest BCUT2D eigenvalue weighted by molar-refractivity contribution is -0.139. The van der Waals surface area contributed by atoms with Gasteiger partial charge in [0.1, 0.15) is 17.1 Å². The molecule has 1 aromatic carbocycles. The van der Waals surface area contributed by atoms with Gasteiger partial charge < -0.3 is 14.8 Å². The molecule has 3 rings (SSSR count). The number of ether oxygens (including phenoxy) is 2. The number of nitrogens with zero attached hydrogens (tertiary/aromatic N) is 1. The van der Waals surface area contributed by atoms with Gasteiger partial charge in [0.2, 0.25) is 11.8 Å². The molecule has 7 heteroatoms. The van der Waals surface area contributed by atoms with Gasteiger partial charge in [-0.25, -0.2) is 4.79 Å². The predicted molar refractivity (Wildman–Crippen MR) is 84.1 cm³/mol. The van der Waals surface area contributed by atoms with E-state index in [2.05, 4.69) is 5.32 Å². The van der Waals surface area contributed by atoms with Crippen LogP contribution in [0.25, 0.3) is 0 Å². The Kier molecular flexibility index (Phi) is 3.41. The first kappa shape index (κ1) is 15.7. The molecule has 2 N–H and O–H groups in total. The Balaban J connectivity index is 2.44. The molecule has 0 saturated heterocycles. The monoisotopic (exact) mass is 325 g/mol. The molecular formula is C17H15N3O4. The van der Waals surface area contributed by atoms with E-state index in [9.17, 15) is 14.9 Å². The number of allylic oxidation sites excluding steroid dienone is 1. The number of benzene rings is 1. The Labute approximate surface area is 138 Å². The van der Waals surface area contributed by atoms with Crippen LogP contribution in [0.4, 0.5) is 5.69 Å². The fourth-order valence-corrected chi connectivity index (χ4v) is 3.43. The molecule has 2 unspecified atom stereocenters. The van der Waals surface area contributed by atoms with Crippen molar-refractivity contribution in [2.45, 2.75) is 19.3 Å². The summed E-state index contributed by atoms with van der Waals surface area (Å²) in [5, 5.41) is 20.4. The fourth-order valence-electron chi connectivity index (χ4n) is 3.43. The number of carbonyl (C=O) groups is 2. The molecule has 2 atom stereocenters. The van der Waals surface area contributed by atoms with Crippen LogP contribution in [-0.2, 0) is 24.5 Å². The van der Waals surface area contributed by atoms with E-state index in [1.54, 1.807) is 12.1 Å². The van der Waals surface area contributed by atoms with Crippen molar-refractivity contribution in [1.29, 1.82) is 10.7 Å². The quantitative estimate of drug-likeness (QED) is 0.764.